The predicted molar refractivity (Wildman–Crippen MR) is 97.5 cm³/mol. The summed E-state index contributed by atoms with van der Waals surface area (Å²) in [5.74, 6) is 0.255. The van der Waals surface area contributed by atoms with E-state index in [2.05, 4.69) is 5.32 Å². The molecule has 2 rings (SSSR count). The SMILES string of the molecule is CCN(CC(=O)NCCc1ccc(Cl)cc1Cl)C1CCS(=O)(=O)C1. The number of rotatable bonds is 7. The molecule has 1 aromatic rings. The number of carbonyl (C=O) groups is 1. The van der Waals surface area contributed by atoms with E-state index in [0.29, 0.717) is 36.0 Å². The first-order valence-corrected chi connectivity index (χ1v) is 10.5. The van der Waals surface area contributed by atoms with Gasteiger partial charge in [-0.05, 0) is 37.1 Å². The average molecular weight is 393 g/mol. The third-order valence-corrected chi connectivity index (χ3v) is 6.55. The Hall–Kier alpha value is -0.820. The zero-order chi connectivity index (χ0) is 17.7. The van der Waals surface area contributed by atoms with Gasteiger partial charge >= 0.3 is 0 Å². The molecule has 1 fully saturated rings. The maximum absolute atomic E-state index is 12.1. The van der Waals surface area contributed by atoms with Crippen LogP contribution >= 0.6 is 23.2 Å². The van der Waals surface area contributed by atoms with Crippen molar-refractivity contribution in [3.05, 3.63) is 33.8 Å². The van der Waals surface area contributed by atoms with Crippen molar-refractivity contribution in [1.29, 1.82) is 0 Å². The maximum atomic E-state index is 12.1. The van der Waals surface area contributed by atoms with Crippen LogP contribution in [0.5, 0.6) is 0 Å². The van der Waals surface area contributed by atoms with E-state index < -0.39 is 9.84 Å². The molecule has 8 heteroatoms. The van der Waals surface area contributed by atoms with Crippen LogP contribution in [0.25, 0.3) is 0 Å². The number of halogens is 2. The highest BCUT2D eigenvalue weighted by molar-refractivity contribution is 7.91. The van der Waals surface area contributed by atoms with Crippen LogP contribution in [-0.4, -0.2) is 56.4 Å². The molecule has 1 atom stereocenters. The molecule has 0 aliphatic carbocycles. The first-order chi connectivity index (χ1) is 11.3. The second-order valence-corrected chi connectivity index (χ2v) is 9.03. The molecule has 5 nitrogen and oxygen atoms in total. The normalized spacial score (nSPS) is 19.6. The number of nitrogens with zero attached hydrogens (tertiary/aromatic N) is 1. The summed E-state index contributed by atoms with van der Waals surface area (Å²) in [5.41, 5.74) is 0.926. The van der Waals surface area contributed by atoms with Crippen molar-refractivity contribution in [3.63, 3.8) is 0 Å². The van der Waals surface area contributed by atoms with E-state index in [-0.39, 0.29) is 30.0 Å². The number of nitrogens with one attached hydrogen (secondary N) is 1. The lowest BCUT2D eigenvalue weighted by Gasteiger charge is -2.25. The zero-order valence-electron chi connectivity index (χ0n) is 13.6. The Morgan fingerprint density at radius 3 is 2.71 bits per heavy atom. The number of hydrogen-bond donors (Lipinski definition) is 1. The summed E-state index contributed by atoms with van der Waals surface area (Å²) in [6.45, 7) is 3.27. The highest BCUT2D eigenvalue weighted by atomic mass is 35.5. The first kappa shape index (κ1) is 19.5. The van der Waals surface area contributed by atoms with Gasteiger partial charge in [0.25, 0.3) is 0 Å². The molecule has 0 bridgehead atoms. The molecule has 1 unspecified atom stereocenters. The molecule has 0 aromatic heterocycles. The number of sulfone groups is 1. The molecule has 134 valence electrons. The Balaban J connectivity index is 1.79. The topological polar surface area (TPSA) is 66.5 Å². The highest BCUT2D eigenvalue weighted by Crippen LogP contribution is 2.21. The minimum Gasteiger partial charge on any atom is -0.355 e. The molecule has 1 heterocycles. The van der Waals surface area contributed by atoms with Crippen molar-refractivity contribution in [2.45, 2.75) is 25.8 Å². The fourth-order valence-electron chi connectivity index (χ4n) is 2.86. The molecule has 24 heavy (non-hydrogen) atoms. The smallest absolute Gasteiger partial charge is 0.234 e. The van der Waals surface area contributed by atoms with Crippen LogP contribution in [-0.2, 0) is 21.1 Å². The van der Waals surface area contributed by atoms with Crippen molar-refractivity contribution in [2.24, 2.45) is 0 Å². The first-order valence-electron chi connectivity index (χ1n) is 7.96. The number of likely N-dealkylation sites (N-methyl/N-ethyl adjacent to an activating group) is 1. The van der Waals surface area contributed by atoms with E-state index in [0.717, 1.165) is 5.56 Å². The van der Waals surface area contributed by atoms with Gasteiger partial charge in [0.1, 0.15) is 0 Å². The van der Waals surface area contributed by atoms with Gasteiger partial charge in [-0.15, -0.1) is 0 Å². The molecule has 1 N–H and O–H groups in total. The predicted octanol–water partition coefficient (Wildman–Crippen LogP) is 2.16. The third kappa shape index (κ3) is 5.62. The van der Waals surface area contributed by atoms with E-state index >= 15 is 0 Å². The summed E-state index contributed by atoms with van der Waals surface area (Å²) in [7, 11) is -2.95. The molecule has 0 radical (unpaired) electrons. The van der Waals surface area contributed by atoms with Gasteiger partial charge in [-0.2, -0.15) is 0 Å². The summed E-state index contributed by atoms with van der Waals surface area (Å²) >= 11 is 12.0. The third-order valence-electron chi connectivity index (χ3n) is 4.21. The maximum Gasteiger partial charge on any atom is 0.234 e. The minimum absolute atomic E-state index is 0.0588. The summed E-state index contributed by atoms with van der Waals surface area (Å²) in [4.78, 5) is 14.0. The quantitative estimate of drug-likeness (QED) is 0.771. The van der Waals surface area contributed by atoms with Crippen LogP contribution in [0.1, 0.15) is 18.9 Å². The molecule has 1 amide bonds. The lowest BCUT2D eigenvalue weighted by molar-refractivity contribution is -0.122. The fraction of sp³-hybridized carbons (Fsp3) is 0.562. The van der Waals surface area contributed by atoms with Gasteiger partial charge in [-0.25, -0.2) is 8.42 Å². The molecule has 1 aromatic carbocycles. The number of hydrogen-bond acceptors (Lipinski definition) is 4. The van der Waals surface area contributed by atoms with Crippen LogP contribution < -0.4 is 5.32 Å². The Kier molecular flexibility index (Phi) is 6.92. The lowest BCUT2D eigenvalue weighted by Crippen LogP contribution is -2.43. The van der Waals surface area contributed by atoms with Crippen LogP contribution in [0, 0.1) is 0 Å². The number of carbonyl (C=O) groups excluding carboxylic acids is 1. The van der Waals surface area contributed by atoms with Gasteiger partial charge < -0.3 is 5.32 Å². The van der Waals surface area contributed by atoms with E-state index in [1.54, 1.807) is 12.1 Å². The van der Waals surface area contributed by atoms with E-state index in [1.165, 1.54) is 0 Å². The van der Waals surface area contributed by atoms with Gasteiger partial charge in [-0.1, -0.05) is 36.2 Å². The Morgan fingerprint density at radius 1 is 1.38 bits per heavy atom. The average Bonchev–Trinajstić information content (AvgIpc) is 2.87. The molecule has 1 aliphatic heterocycles. The van der Waals surface area contributed by atoms with Gasteiger partial charge in [0.15, 0.2) is 9.84 Å². The Morgan fingerprint density at radius 2 is 2.12 bits per heavy atom. The minimum atomic E-state index is -2.95. The van der Waals surface area contributed by atoms with Crippen molar-refractivity contribution < 1.29 is 13.2 Å². The second-order valence-electron chi connectivity index (χ2n) is 5.96. The van der Waals surface area contributed by atoms with Crippen LogP contribution in [0.15, 0.2) is 18.2 Å². The van der Waals surface area contributed by atoms with Crippen LogP contribution in [0.3, 0.4) is 0 Å². The standard InChI is InChI=1S/C16H22Cl2N2O3S/c1-2-20(14-6-8-24(22,23)11-14)10-16(21)19-7-5-12-3-4-13(17)9-15(12)18/h3-4,9,14H,2,5-8,10-11H2,1H3,(H,19,21). The second kappa shape index (κ2) is 8.52. The Bertz CT molecular complexity index is 695. The van der Waals surface area contributed by atoms with E-state index in [4.69, 9.17) is 23.2 Å². The molecule has 0 spiro atoms. The fourth-order valence-corrected chi connectivity index (χ4v) is 5.13. The van der Waals surface area contributed by atoms with E-state index in [9.17, 15) is 13.2 Å². The Labute approximate surface area is 153 Å². The summed E-state index contributed by atoms with van der Waals surface area (Å²) in [5, 5.41) is 4.03. The number of benzene rings is 1. The molecular formula is C16H22Cl2N2O3S. The van der Waals surface area contributed by atoms with Crippen molar-refractivity contribution in [1.82, 2.24) is 10.2 Å². The van der Waals surface area contributed by atoms with Gasteiger partial charge in [-0.3, -0.25) is 9.69 Å². The van der Waals surface area contributed by atoms with Crippen molar-refractivity contribution in [2.75, 3.05) is 31.1 Å². The van der Waals surface area contributed by atoms with Gasteiger partial charge in [0.2, 0.25) is 5.91 Å². The molecule has 1 saturated heterocycles. The zero-order valence-corrected chi connectivity index (χ0v) is 15.9. The molecular weight excluding hydrogens is 371 g/mol. The van der Waals surface area contributed by atoms with Crippen molar-refractivity contribution >= 4 is 38.9 Å². The van der Waals surface area contributed by atoms with Crippen LogP contribution in [0.4, 0.5) is 0 Å². The van der Waals surface area contributed by atoms with Gasteiger partial charge in [0.05, 0.1) is 18.1 Å². The van der Waals surface area contributed by atoms with Gasteiger partial charge in [0, 0.05) is 22.6 Å². The van der Waals surface area contributed by atoms with Crippen LogP contribution in [0.2, 0.25) is 10.0 Å². The summed E-state index contributed by atoms with van der Waals surface area (Å²) in [6, 6.07) is 5.23. The number of amides is 1. The highest BCUT2D eigenvalue weighted by Gasteiger charge is 2.32. The molecule has 1 aliphatic rings. The summed E-state index contributed by atoms with van der Waals surface area (Å²) < 4.78 is 23.2. The lowest BCUT2D eigenvalue weighted by atomic mass is 10.1. The largest absolute Gasteiger partial charge is 0.355 e. The van der Waals surface area contributed by atoms with E-state index in [1.807, 2.05) is 17.9 Å². The monoisotopic (exact) mass is 392 g/mol. The van der Waals surface area contributed by atoms with Crippen molar-refractivity contribution in [3.8, 4) is 0 Å². The molecule has 0 saturated carbocycles. The summed E-state index contributed by atoms with van der Waals surface area (Å²) in [6.07, 6.45) is 1.22.